The van der Waals surface area contributed by atoms with Crippen LogP contribution in [0.15, 0.2) is 72.8 Å². The van der Waals surface area contributed by atoms with Crippen LogP contribution in [0.3, 0.4) is 0 Å². The molecule has 2 amide bonds. The van der Waals surface area contributed by atoms with Crippen LogP contribution in [0, 0.1) is 5.82 Å². The van der Waals surface area contributed by atoms with Crippen LogP contribution in [0.5, 0.6) is 0 Å². The lowest BCUT2D eigenvalue weighted by molar-refractivity contribution is -0.141. The molecule has 0 radical (unpaired) electrons. The highest BCUT2D eigenvalue weighted by atomic mass is 35.5. The highest BCUT2D eigenvalue weighted by Gasteiger charge is 2.30. The maximum absolute atomic E-state index is 13.8. The van der Waals surface area contributed by atoms with Crippen LogP contribution in [0.25, 0.3) is 0 Å². The van der Waals surface area contributed by atoms with Crippen molar-refractivity contribution in [2.24, 2.45) is 0 Å². The minimum Gasteiger partial charge on any atom is -0.354 e. The summed E-state index contributed by atoms with van der Waals surface area (Å²) in [5, 5.41) is 3.62. The summed E-state index contributed by atoms with van der Waals surface area (Å²) in [6.07, 6.45) is 2.23. The van der Waals surface area contributed by atoms with E-state index in [9.17, 15) is 22.4 Å². The van der Waals surface area contributed by atoms with E-state index in [0.717, 1.165) is 22.5 Å². The molecule has 1 N–H and O–H groups in total. The Hall–Kier alpha value is -3.14. The molecule has 0 aliphatic rings. The molecule has 0 fully saturated rings. The van der Waals surface area contributed by atoms with Gasteiger partial charge in [0.15, 0.2) is 0 Å². The first-order valence-electron chi connectivity index (χ1n) is 13.3. The second kappa shape index (κ2) is 15.2. The molecule has 0 aliphatic heterocycles. The van der Waals surface area contributed by atoms with Crippen LogP contribution in [-0.2, 0) is 32.6 Å². The van der Waals surface area contributed by atoms with Crippen molar-refractivity contribution >= 4 is 50.7 Å². The Balaban J connectivity index is 1.88. The number of amides is 2. The minimum absolute atomic E-state index is 0.00218. The highest BCUT2D eigenvalue weighted by Crippen LogP contribution is 2.25. The third kappa shape index (κ3) is 9.73. The molecule has 0 spiro atoms. The largest absolute Gasteiger partial charge is 0.354 e. The molecule has 7 nitrogen and oxygen atoms in total. The number of benzene rings is 3. The van der Waals surface area contributed by atoms with E-state index in [1.54, 1.807) is 18.2 Å². The molecule has 0 saturated heterocycles. The zero-order chi connectivity index (χ0) is 30.0. The maximum atomic E-state index is 13.8. The predicted molar refractivity (Wildman–Crippen MR) is 162 cm³/mol. The molecule has 41 heavy (non-hydrogen) atoms. The number of sulfonamides is 1. The summed E-state index contributed by atoms with van der Waals surface area (Å²) < 4.78 is 39.5. The second-order valence-corrected chi connectivity index (χ2v) is 12.4. The summed E-state index contributed by atoms with van der Waals surface area (Å²) in [7, 11) is -3.69. The topological polar surface area (TPSA) is 86.8 Å². The van der Waals surface area contributed by atoms with Gasteiger partial charge in [-0.05, 0) is 60.4 Å². The van der Waals surface area contributed by atoms with E-state index in [-0.39, 0.29) is 44.2 Å². The SMILES string of the molecule is CCCNC(=O)C(Cc1ccccc1)N(Cc1ccc(Cl)c(Cl)c1)C(=O)CCCN(c1ccc(F)cc1)S(C)(=O)=O. The van der Waals surface area contributed by atoms with Gasteiger partial charge in [0.2, 0.25) is 21.8 Å². The lowest BCUT2D eigenvalue weighted by atomic mass is 10.0. The Kier molecular flexibility index (Phi) is 12.0. The molecule has 0 aromatic heterocycles. The predicted octanol–water partition coefficient (Wildman–Crippen LogP) is 5.85. The van der Waals surface area contributed by atoms with Gasteiger partial charge < -0.3 is 10.2 Å². The Labute approximate surface area is 251 Å². The first-order chi connectivity index (χ1) is 19.5. The molecule has 0 aliphatic carbocycles. The molecule has 1 unspecified atom stereocenters. The molecule has 3 rings (SSSR count). The van der Waals surface area contributed by atoms with Crippen LogP contribution in [0.4, 0.5) is 10.1 Å². The normalized spacial score (nSPS) is 12.0. The molecule has 3 aromatic rings. The van der Waals surface area contributed by atoms with E-state index in [2.05, 4.69) is 5.32 Å². The van der Waals surface area contributed by atoms with Crippen molar-refractivity contribution < 1.29 is 22.4 Å². The molecule has 3 aromatic carbocycles. The third-order valence-electron chi connectivity index (χ3n) is 6.42. The van der Waals surface area contributed by atoms with Gasteiger partial charge in [-0.15, -0.1) is 0 Å². The molecule has 1 atom stereocenters. The first-order valence-corrected chi connectivity index (χ1v) is 15.9. The maximum Gasteiger partial charge on any atom is 0.243 e. The lowest BCUT2D eigenvalue weighted by Gasteiger charge is -2.32. The summed E-state index contributed by atoms with van der Waals surface area (Å²) in [6.45, 7) is 2.50. The monoisotopic (exact) mass is 621 g/mol. The van der Waals surface area contributed by atoms with Crippen molar-refractivity contribution in [2.75, 3.05) is 23.7 Å². The van der Waals surface area contributed by atoms with Crippen molar-refractivity contribution in [1.82, 2.24) is 10.2 Å². The lowest BCUT2D eigenvalue weighted by Crippen LogP contribution is -2.50. The number of anilines is 1. The van der Waals surface area contributed by atoms with Gasteiger partial charge in [0.05, 0.1) is 22.0 Å². The van der Waals surface area contributed by atoms with E-state index in [0.29, 0.717) is 27.8 Å². The Morgan fingerprint density at radius 2 is 1.63 bits per heavy atom. The van der Waals surface area contributed by atoms with Gasteiger partial charge in [-0.1, -0.05) is 66.5 Å². The number of nitrogens with one attached hydrogen (secondary N) is 1. The smallest absolute Gasteiger partial charge is 0.243 e. The molecule has 0 heterocycles. The molecular formula is C30H34Cl2FN3O4S. The Morgan fingerprint density at radius 1 is 0.951 bits per heavy atom. The quantitative estimate of drug-likeness (QED) is 0.245. The van der Waals surface area contributed by atoms with E-state index < -0.39 is 21.9 Å². The van der Waals surface area contributed by atoms with Crippen molar-refractivity contribution in [3.8, 4) is 0 Å². The number of carbonyl (C=O) groups excluding carboxylic acids is 2. The van der Waals surface area contributed by atoms with Crippen LogP contribution in [0.1, 0.15) is 37.3 Å². The zero-order valence-electron chi connectivity index (χ0n) is 23.0. The first kappa shape index (κ1) is 32.4. The van der Waals surface area contributed by atoms with Crippen molar-refractivity contribution in [3.05, 3.63) is 99.8 Å². The van der Waals surface area contributed by atoms with Crippen LogP contribution >= 0.6 is 23.2 Å². The van der Waals surface area contributed by atoms with Gasteiger partial charge in [-0.25, -0.2) is 12.8 Å². The summed E-state index contributed by atoms with van der Waals surface area (Å²) in [5.74, 6) is -1.09. The fourth-order valence-electron chi connectivity index (χ4n) is 4.37. The van der Waals surface area contributed by atoms with Gasteiger partial charge in [-0.3, -0.25) is 13.9 Å². The summed E-state index contributed by atoms with van der Waals surface area (Å²) >= 11 is 12.3. The van der Waals surface area contributed by atoms with Gasteiger partial charge in [0.1, 0.15) is 11.9 Å². The average molecular weight is 623 g/mol. The third-order valence-corrected chi connectivity index (χ3v) is 8.36. The molecular weight excluding hydrogens is 588 g/mol. The Morgan fingerprint density at radius 3 is 2.24 bits per heavy atom. The van der Waals surface area contributed by atoms with Crippen LogP contribution in [-0.4, -0.2) is 50.5 Å². The van der Waals surface area contributed by atoms with Gasteiger partial charge in [0, 0.05) is 32.5 Å². The van der Waals surface area contributed by atoms with E-state index in [1.165, 1.54) is 29.2 Å². The van der Waals surface area contributed by atoms with Crippen LogP contribution in [0.2, 0.25) is 10.0 Å². The van der Waals surface area contributed by atoms with Crippen molar-refractivity contribution in [1.29, 1.82) is 0 Å². The summed E-state index contributed by atoms with van der Waals surface area (Å²) in [5.41, 5.74) is 1.88. The van der Waals surface area contributed by atoms with E-state index in [4.69, 9.17) is 23.2 Å². The minimum atomic E-state index is -3.69. The van der Waals surface area contributed by atoms with Crippen molar-refractivity contribution in [3.63, 3.8) is 0 Å². The molecule has 0 bridgehead atoms. The number of hydrogen-bond acceptors (Lipinski definition) is 4. The standard InChI is InChI=1S/C30H34Cl2FN3O4S/c1-3-17-34-30(38)28(20-22-8-5-4-6-9-22)35(21-23-11-16-26(31)27(32)19-23)29(37)10-7-18-36(41(2,39)40)25-14-12-24(33)13-15-25/h4-6,8-9,11-16,19,28H,3,7,10,17-18,20-21H2,1-2H3,(H,34,38). The summed E-state index contributed by atoms with van der Waals surface area (Å²) in [4.78, 5) is 28.7. The molecule has 0 saturated carbocycles. The van der Waals surface area contributed by atoms with E-state index >= 15 is 0 Å². The van der Waals surface area contributed by atoms with Gasteiger partial charge in [-0.2, -0.15) is 0 Å². The van der Waals surface area contributed by atoms with E-state index in [1.807, 2.05) is 37.3 Å². The fraction of sp³-hybridized carbons (Fsp3) is 0.333. The number of hydrogen-bond donors (Lipinski definition) is 1. The average Bonchev–Trinajstić information content (AvgIpc) is 2.94. The number of nitrogens with zero attached hydrogens (tertiary/aromatic N) is 2. The Bertz CT molecular complexity index is 1420. The molecule has 220 valence electrons. The fourth-order valence-corrected chi connectivity index (χ4v) is 5.65. The number of carbonyl (C=O) groups is 2. The second-order valence-electron chi connectivity index (χ2n) is 9.68. The number of rotatable bonds is 14. The van der Waals surface area contributed by atoms with Crippen molar-refractivity contribution in [2.45, 2.75) is 45.2 Å². The number of halogens is 3. The molecule has 11 heteroatoms. The summed E-state index contributed by atoms with van der Waals surface area (Å²) in [6, 6.07) is 18.8. The highest BCUT2D eigenvalue weighted by molar-refractivity contribution is 7.92. The van der Waals surface area contributed by atoms with Gasteiger partial charge in [0.25, 0.3) is 0 Å². The zero-order valence-corrected chi connectivity index (χ0v) is 25.4. The van der Waals surface area contributed by atoms with Crippen LogP contribution < -0.4 is 9.62 Å². The van der Waals surface area contributed by atoms with Gasteiger partial charge >= 0.3 is 0 Å².